The van der Waals surface area contributed by atoms with E-state index < -0.39 is 0 Å². The predicted octanol–water partition coefficient (Wildman–Crippen LogP) is 4.17. The van der Waals surface area contributed by atoms with Crippen molar-refractivity contribution in [2.45, 2.75) is 38.3 Å². The minimum absolute atomic E-state index is 0.209. The lowest BCUT2D eigenvalue weighted by atomic mass is 9.96. The maximum atomic E-state index is 13.2. The van der Waals surface area contributed by atoms with E-state index in [9.17, 15) is 4.79 Å². The number of hydrogen-bond donors (Lipinski definition) is 0. The van der Waals surface area contributed by atoms with Crippen molar-refractivity contribution in [3.05, 3.63) is 41.5 Å². The number of carbonyl (C=O) groups excluding carboxylic acids is 1. The lowest BCUT2D eigenvalue weighted by molar-refractivity contribution is 0.0752. The Balaban J connectivity index is 1.51. The molecule has 148 valence electrons. The molecule has 2 fully saturated rings. The molecule has 2 aliphatic heterocycles. The van der Waals surface area contributed by atoms with Crippen molar-refractivity contribution >= 4 is 28.3 Å². The van der Waals surface area contributed by atoms with E-state index in [-0.39, 0.29) is 5.78 Å². The minimum atomic E-state index is 0.209. The minimum Gasteiger partial charge on any atom is -0.477 e. The van der Waals surface area contributed by atoms with Gasteiger partial charge in [0.05, 0.1) is 12.1 Å². The lowest BCUT2D eigenvalue weighted by Crippen LogP contribution is -2.38. The molecule has 0 amide bonds. The Morgan fingerprint density at radius 1 is 1.07 bits per heavy atom. The van der Waals surface area contributed by atoms with Gasteiger partial charge in [-0.3, -0.25) is 14.6 Å². The first-order valence-corrected chi connectivity index (χ1v) is 11.7. The quantitative estimate of drug-likeness (QED) is 0.778. The maximum absolute atomic E-state index is 13.2. The predicted molar refractivity (Wildman–Crippen MR) is 115 cm³/mol. The zero-order valence-corrected chi connectivity index (χ0v) is 17.2. The summed E-state index contributed by atoms with van der Waals surface area (Å²) in [6.07, 6.45) is 4.91. The second-order valence-corrected chi connectivity index (χ2v) is 9.45. The Labute approximate surface area is 171 Å². The van der Waals surface area contributed by atoms with Crippen LogP contribution in [0, 0.1) is 0 Å². The molecule has 2 aromatic rings. The molecule has 0 bridgehead atoms. The Morgan fingerprint density at radius 2 is 1.82 bits per heavy atom. The molecule has 3 aliphatic rings. The number of ether oxygens (including phenoxy) is 1. The number of carbonyl (C=O) groups is 1. The molecule has 5 rings (SSSR count). The van der Waals surface area contributed by atoms with Crippen molar-refractivity contribution in [3.63, 3.8) is 0 Å². The maximum Gasteiger partial charge on any atom is 0.180 e. The SMILES string of the molecule is O=C1CN(C2CCCC2)COc2c1cc(CN1CCSCC1)c1ccccc21. The molecule has 0 N–H and O–H groups in total. The van der Waals surface area contributed by atoms with Crippen LogP contribution in [-0.2, 0) is 6.54 Å². The van der Waals surface area contributed by atoms with Gasteiger partial charge in [0.1, 0.15) is 12.5 Å². The Bertz CT molecular complexity index is 872. The van der Waals surface area contributed by atoms with Crippen LogP contribution in [-0.4, -0.2) is 59.5 Å². The van der Waals surface area contributed by atoms with Gasteiger partial charge in [-0.1, -0.05) is 37.1 Å². The number of benzene rings is 2. The second-order valence-electron chi connectivity index (χ2n) is 8.23. The molecule has 1 aliphatic carbocycles. The number of nitrogens with zero attached hydrogens (tertiary/aromatic N) is 2. The van der Waals surface area contributed by atoms with Crippen molar-refractivity contribution in [1.29, 1.82) is 0 Å². The van der Waals surface area contributed by atoms with E-state index in [0.717, 1.165) is 36.3 Å². The number of fused-ring (bicyclic) bond motifs is 3. The van der Waals surface area contributed by atoms with E-state index in [4.69, 9.17) is 4.74 Å². The van der Waals surface area contributed by atoms with Crippen LogP contribution < -0.4 is 4.74 Å². The van der Waals surface area contributed by atoms with Crippen molar-refractivity contribution in [1.82, 2.24) is 9.80 Å². The fourth-order valence-corrected chi connectivity index (χ4v) is 5.86. The first-order chi connectivity index (χ1) is 13.8. The smallest absolute Gasteiger partial charge is 0.180 e. The van der Waals surface area contributed by atoms with E-state index in [1.54, 1.807) is 0 Å². The van der Waals surface area contributed by atoms with Gasteiger partial charge in [-0.2, -0.15) is 11.8 Å². The van der Waals surface area contributed by atoms with Crippen LogP contribution in [0.25, 0.3) is 10.8 Å². The van der Waals surface area contributed by atoms with Gasteiger partial charge < -0.3 is 4.74 Å². The van der Waals surface area contributed by atoms with Gasteiger partial charge in [0.25, 0.3) is 0 Å². The van der Waals surface area contributed by atoms with Gasteiger partial charge in [0.2, 0.25) is 0 Å². The Morgan fingerprint density at radius 3 is 2.61 bits per heavy atom. The van der Waals surface area contributed by atoms with Gasteiger partial charge in [0.15, 0.2) is 5.78 Å². The second kappa shape index (κ2) is 8.05. The highest BCUT2D eigenvalue weighted by Crippen LogP contribution is 2.36. The summed E-state index contributed by atoms with van der Waals surface area (Å²) in [6.45, 7) is 4.16. The molecule has 0 aromatic heterocycles. The standard InChI is InChI=1S/C23H28N2O2S/c26-22-15-25(18-5-1-2-6-18)16-27-23-20-8-4-3-7-19(20)17(13-21(22)23)14-24-9-11-28-12-10-24/h3-4,7-8,13,18H,1-2,5-6,9-12,14-16H2. The van der Waals surface area contributed by atoms with Crippen LogP contribution in [0.15, 0.2) is 30.3 Å². The molecular formula is C23H28N2O2S. The fourth-order valence-electron chi connectivity index (χ4n) is 4.88. The molecule has 0 atom stereocenters. The van der Waals surface area contributed by atoms with Gasteiger partial charge >= 0.3 is 0 Å². The average molecular weight is 397 g/mol. The third-order valence-electron chi connectivity index (χ3n) is 6.44. The van der Waals surface area contributed by atoms with Crippen molar-refractivity contribution in [2.24, 2.45) is 0 Å². The molecule has 5 heteroatoms. The van der Waals surface area contributed by atoms with Crippen LogP contribution in [0.3, 0.4) is 0 Å². The Kier molecular flexibility index (Phi) is 5.31. The number of hydrogen-bond acceptors (Lipinski definition) is 5. The molecule has 28 heavy (non-hydrogen) atoms. The highest BCUT2D eigenvalue weighted by molar-refractivity contribution is 7.99. The molecule has 2 aromatic carbocycles. The number of Topliss-reactive ketones (excluding diaryl/α,β-unsaturated/α-hetero) is 1. The van der Waals surface area contributed by atoms with E-state index >= 15 is 0 Å². The lowest BCUT2D eigenvalue weighted by Gasteiger charge is -2.27. The molecular weight excluding hydrogens is 368 g/mol. The largest absolute Gasteiger partial charge is 0.477 e. The van der Waals surface area contributed by atoms with Crippen molar-refractivity contribution < 1.29 is 9.53 Å². The summed E-state index contributed by atoms with van der Waals surface area (Å²) in [6, 6.07) is 11.1. The molecule has 4 nitrogen and oxygen atoms in total. The van der Waals surface area contributed by atoms with E-state index in [1.165, 1.54) is 48.1 Å². The van der Waals surface area contributed by atoms with Crippen molar-refractivity contribution in [3.8, 4) is 5.75 Å². The van der Waals surface area contributed by atoms with Crippen LogP contribution in [0.2, 0.25) is 0 Å². The average Bonchev–Trinajstić information content (AvgIpc) is 3.21. The van der Waals surface area contributed by atoms with E-state index in [0.29, 0.717) is 19.3 Å². The van der Waals surface area contributed by atoms with Crippen molar-refractivity contribution in [2.75, 3.05) is 37.9 Å². The van der Waals surface area contributed by atoms with Crippen LogP contribution >= 0.6 is 11.8 Å². The zero-order chi connectivity index (χ0) is 18.9. The van der Waals surface area contributed by atoms with Gasteiger partial charge in [-0.05, 0) is 29.9 Å². The van der Waals surface area contributed by atoms with Crippen LogP contribution in [0.5, 0.6) is 5.75 Å². The Hall–Kier alpha value is -1.56. The number of rotatable bonds is 3. The van der Waals surface area contributed by atoms with Gasteiger partial charge in [-0.25, -0.2) is 0 Å². The van der Waals surface area contributed by atoms with Gasteiger partial charge in [-0.15, -0.1) is 0 Å². The first kappa shape index (κ1) is 18.5. The monoisotopic (exact) mass is 396 g/mol. The summed E-state index contributed by atoms with van der Waals surface area (Å²) >= 11 is 2.03. The molecule has 1 saturated carbocycles. The number of ketones is 1. The summed E-state index contributed by atoms with van der Waals surface area (Å²) in [5.74, 6) is 3.39. The summed E-state index contributed by atoms with van der Waals surface area (Å²) in [5.41, 5.74) is 2.04. The van der Waals surface area contributed by atoms with Gasteiger partial charge in [0, 0.05) is 42.6 Å². The molecule has 0 unspecified atom stereocenters. The molecule has 0 radical (unpaired) electrons. The highest BCUT2D eigenvalue weighted by Gasteiger charge is 2.30. The van der Waals surface area contributed by atoms with E-state index in [1.807, 2.05) is 11.8 Å². The highest BCUT2D eigenvalue weighted by atomic mass is 32.2. The molecule has 1 saturated heterocycles. The topological polar surface area (TPSA) is 32.8 Å². The zero-order valence-electron chi connectivity index (χ0n) is 16.4. The van der Waals surface area contributed by atoms with Crippen LogP contribution in [0.4, 0.5) is 0 Å². The normalized spacial score (nSPS) is 22.2. The summed E-state index contributed by atoms with van der Waals surface area (Å²) in [7, 11) is 0. The molecule has 2 heterocycles. The third-order valence-corrected chi connectivity index (χ3v) is 7.38. The fraction of sp³-hybridized carbons (Fsp3) is 0.522. The summed E-state index contributed by atoms with van der Waals surface area (Å²) < 4.78 is 6.29. The third kappa shape index (κ3) is 3.56. The van der Waals surface area contributed by atoms with E-state index in [2.05, 4.69) is 40.1 Å². The molecule has 0 spiro atoms. The van der Waals surface area contributed by atoms with Crippen LogP contribution in [0.1, 0.15) is 41.6 Å². The number of thioether (sulfide) groups is 1. The summed E-state index contributed by atoms with van der Waals surface area (Å²) in [4.78, 5) is 18.0. The first-order valence-electron chi connectivity index (χ1n) is 10.5. The summed E-state index contributed by atoms with van der Waals surface area (Å²) in [5, 5.41) is 2.31.